The van der Waals surface area contributed by atoms with E-state index in [1.54, 1.807) is 0 Å². The first-order valence-corrected chi connectivity index (χ1v) is 9.28. The molecule has 1 aromatic heterocycles. The Hall–Kier alpha value is -1.10. The van der Waals surface area contributed by atoms with Gasteiger partial charge in [-0.3, -0.25) is 4.79 Å². The van der Waals surface area contributed by atoms with Gasteiger partial charge in [0.25, 0.3) is 5.91 Å². The minimum absolute atomic E-state index is 0.0475. The number of aryl methyl sites for hydroxylation is 1. The van der Waals surface area contributed by atoms with Gasteiger partial charge in [0.2, 0.25) is 0 Å². The summed E-state index contributed by atoms with van der Waals surface area (Å²) < 4.78 is 4.30. The van der Waals surface area contributed by atoms with Crippen molar-refractivity contribution in [3.63, 3.8) is 0 Å². The predicted molar refractivity (Wildman–Crippen MR) is 89.3 cm³/mol. The fourth-order valence-electron chi connectivity index (χ4n) is 5.67. The molecule has 1 heterocycles. The number of aromatic nitrogens is 1. The zero-order valence-electron chi connectivity index (χ0n) is 13.4. The van der Waals surface area contributed by atoms with E-state index in [4.69, 9.17) is 0 Å². The van der Waals surface area contributed by atoms with Crippen LogP contribution in [0.5, 0.6) is 0 Å². The second-order valence-corrected chi connectivity index (χ2v) is 8.60. The molecule has 4 aliphatic carbocycles. The molecule has 4 bridgehead atoms. The van der Waals surface area contributed by atoms with E-state index in [1.165, 1.54) is 50.1 Å². The fourth-order valence-corrected chi connectivity index (χ4v) is 6.41. The first-order chi connectivity index (χ1) is 10.6. The molecule has 120 valence electrons. The van der Waals surface area contributed by atoms with E-state index in [2.05, 4.69) is 15.0 Å². The van der Waals surface area contributed by atoms with Gasteiger partial charge < -0.3 is 10.6 Å². The molecular formula is C17H25N3OS. The van der Waals surface area contributed by atoms with Gasteiger partial charge in [-0.15, -0.1) is 0 Å². The molecule has 1 amide bonds. The van der Waals surface area contributed by atoms with Gasteiger partial charge in [-0.2, -0.15) is 4.37 Å². The Balaban J connectivity index is 1.46. The number of carbonyl (C=O) groups excluding carboxylic acids is 1. The molecule has 4 aliphatic rings. The van der Waals surface area contributed by atoms with Crippen LogP contribution >= 0.6 is 11.5 Å². The minimum atomic E-state index is 0.0475. The van der Waals surface area contributed by atoms with Gasteiger partial charge in [-0.05, 0) is 80.1 Å². The molecule has 0 unspecified atom stereocenters. The Bertz CT molecular complexity index is 559. The van der Waals surface area contributed by atoms with Crippen molar-refractivity contribution < 1.29 is 4.79 Å². The smallest absolute Gasteiger partial charge is 0.256 e. The summed E-state index contributed by atoms with van der Waals surface area (Å²) in [7, 11) is 1.85. The normalized spacial score (nSPS) is 35.6. The van der Waals surface area contributed by atoms with Crippen LogP contribution in [0.15, 0.2) is 0 Å². The summed E-state index contributed by atoms with van der Waals surface area (Å²) >= 11 is 1.37. The van der Waals surface area contributed by atoms with Crippen molar-refractivity contribution in [2.75, 3.05) is 18.9 Å². The van der Waals surface area contributed by atoms with Crippen molar-refractivity contribution in [3.05, 3.63) is 11.3 Å². The van der Waals surface area contributed by atoms with Crippen LogP contribution in [-0.2, 0) is 0 Å². The molecule has 2 N–H and O–H groups in total. The zero-order valence-corrected chi connectivity index (χ0v) is 14.3. The third-order valence-corrected chi connectivity index (χ3v) is 7.06. The summed E-state index contributed by atoms with van der Waals surface area (Å²) in [5.41, 5.74) is 1.95. The SMILES string of the molecule is CNc1snc(C)c1C(=O)NCC12CC3CC(CC(C3)C1)C2. The lowest BCUT2D eigenvalue weighted by molar-refractivity contribution is -0.0503. The van der Waals surface area contributed by atoms with Gasteiger partial charge in [0.15, 0.2) is 0 Å². The van der Waals surface area contributed by atoms with E-state index < -0.39 is 0 Å². The van der Waals surface area contributed by atoms with Crippen molar-refractivity contribution in [1.29, 1.82) is 0 Å². The van der Waals surface area contributed by atoms with Crippen LogP contribution in [0, 0.1) is 30.1 Å². The molecular weight excluding hydrogens is 294 g/mol. The number of anilines is 1. The molecule has 5 heteroatoms. The van der Waals surface area contributed by atoms with Crippen LogP contribution in [0.1, 0.15) is 54.6 Å². The van der Waals surface area contributed by atoms with Gasteiger partial charge in [0.1, 0.15) is 5.00 Å². The molecule has 4 nitrogen and oxygen atoms in total. The topological polar surface area (TPSA) is 54.0 Å². The molecule has 1 aromatic rings. The average molecular weight is 319 g/mol. The zero-order chi connectivity index (χ0) is 15.3. The van der Waals surface area contributed by atoms with Crippen molar-refractivity contribution in [3.8, 4) is 0 Å². The lowest BCUT2D eigenvalue weighted by atomic mass is 9.49. The summed E-state index contributed by atoms with van der Waals surface area (Å²) in [6.07, 6.45) is 8.34. The highest BCUT2D eigenvalue weighted by molar-refractivity contribution is 7.10. The lowest BCUT2D eigenvalue weighted by Gasteiger charge is -2.56. The molecule has 0 aliphatic heterocycles. The number of nitrogens with zero attached hydrogens (tertiary/aromatic N) is 1. The number of nitrogens with one attached hydrogen (secondary N) is 2. The van der Waals surface area contributed by atoms with Crippen LogP contribution in [0.25, 0.3) is 0 Å². The molecule has 4 fully saturated rings. The van der Waals surface area contributed by atoms with Gasteiger partial charge in [-0.1, -0.05) is 0 Å². The Kier molecular flexibility index (Phi) is 3.44. The fraction of sp³-hybridized carbons (Fsp3) is 0.765. The third kappa shape index (κ3) is 2.34. The summed E-state index contributed by atoms with van der Waals surface area (Å²) in [6.45, 7) is 2.77. The molecule has 0 atom stereocenters. The van der Waals surface area contributed by atoms with Crippen LogP contribution < -0.4 is 10.6 Å². The van der Waals surface area contributed by atoms with Crippen molar-refractivity contribution in [2.24, 2.45) is 23.2 Å². The number of hydrogen-bond acceptors (Lipinski definition) is 4. The molecule has 0 saturated heterocycles. The maximum atomic E-state index is 12.6. The molecule has 0 radical (unpaired) electrons. The van der Waals surface area contributed by atoms with Crippen molar-refractivity contribution in [1.82, 2.24) is 9.69 Å². The first kappa shape index (κ1) is 14.5. The summed E-state index contributed by atoms with van der Waals surface area (Å²) in [5.74, 6) is 2.84. The Morgan fingerprint density at radius 2 is 1.82 bits per heavy atom. The number of rotatable bonds is 4. The quantitative estimate of drug-likeness (QED) is 0.894. The highest BCUT2D eigenvalue weighted by atomic mass is 32.1. The molecule has 5 rings (SSSR count). The molecule has 4 saturated carbocycles. The maximum Gasteiger partial charge on any atom is 0.256 e. The average Bonchev–Trinajstić information content (AvgIpc) is 2.84. The van der Waals surface area contributed by atoms with Gasteiger partial charge >= 0.3 is 0 Å². The predicted octanol–water partition coefficient (Wildman–Crippen LogP) is 3.44. The number of amides is 1. The van der Waals surface area contributed by atoms with Crippen LogP contribution in [0.2, 0.25) is 0 Å². The van der Waals surface area contributed by atoms with E-state index in [9.17, 15) is 4.79 Å². The molecule has 0 spiro atoms. The second-order valence-electron chi connectivity index (χ2n) is 7.82. The van der Waals surface area contributed by atoms with Gasteiger partial charge in [-0.25, -0.2) is 0 Å². The van der Waals surface area contributed by atoms with E-state index in [1.807, 2.05) is 14.0 Å². The largest absolute Gasteiger partial charge is 0.378 e. The molecule has 22 heavy (non-hydrogen) atoms. The first-order valence-electron chi connectivity index (χ1n) is 8.51. The molecule has 0 aromatic carbocycles. The third-order valence-electron chi connectivity index (χ3n) is 6.11. The highest BCUT2D eigenvalue weighted by Gasteiger charge is 2.50. The van der Waals surface area contributed by atoms with Crippen molar-refractivity contribution >= 4 is 22.4 Å². The highest BCUT2D eigenvalue weighted by Crippen LogP contribution is 2.59. The van der Waals surface area contributed by atoms with E-state index in [0.29, 0.717) is 5.41 Å². The summed E-state index contributed by atoms with van der Waals surface area (Å²) in [4.78, 5) is 12.6. The second kappa shape index (κ2) is 5.22. The van der Waals surface area contributed by atoms with Crippen LogP contribution in [-0.4, -0.2) is 23.9 Å². The minimum Gasteiger partial charge on any atom is -0.378 e. The summed E-state index contributed by atoms with van der Waals surface area (Å²) in [6, 6.07) is 0. The van der Waals surface area contributed by atoms with E-state index >= 15 is 0 Å². The van der Waals surface area contributed by atoms with Gasteiger partial charge in [0.05, 0.1) is 11.3 Å². The number of hydrogen-bond donors (Lipinski definition) is 2. The standard InChI is InChI=1S/C17H25N3OS/c1-10-14(16(18-2)22-20-10)15(21)19-9-17-6-11-3-12(7-17)5-13(4-11)8-17/h11-13,18H,3-9H2,1-2H3,(H,19,21). The van der Waals surface area contributed by atoms with E-state index in [-0.39, 0.29) is 5.91 Å². The van der Waals surface area contributed by atoms with E-state index in [0.717, 1.165) is 40.6 Å². The monoisotopic (exact) mass is 319 g/mol. The van der Waals surface area contributed by atoms with Crippen LogP contribution in [0.3, 0.4) is 0 Å². The Morgan fingerprint density at radius 1 is 1.23 bits per heavy atom. The van der Waals surface area contributed by atoms with Crippen molar-refractivity contribution in [2.45, 2.75) is 45.4 Å². The Morgan fingerprint density at radius 3 is 2.36 bits per heavy atom. The maximum absolute atomic E-state index is 12.6. The van der Waals surface area contributed by atoms with Crippen LogP contribution in [0.4, 0.5) is 5.00 Å². The number of carbonyl (C=O) groups is 1. The lowest BCUT2D eigenvalue weighted by Crippen LogP contribution is -2.51. The Labute approximate surface area is 136 Å². The van der Waals surface area contributed by atoms with Gasteiger partial charge in [0, 0.05) is 13.6 Å². The summed E-state index contributed by atoms with van der Waals surface area (Å²) in [5, 5.41) is 7.21.